The van der Waals surface area contributed by atoms with Crippen molar-refractivity contribution in [3.63, 3.8) is 0 Å². The fraction of sp³-hybridized carbons (Fsp3) is 0.417. The molecule has 2 aromatic rings. The fourth-order valence-electron chi connectivity index (χ4n) is 4.85. The number of carbonyl (C=O) groups is 2. The molecule has 0 bridgehead atoms. The molecule has 1 unspecified atom stereocenters. The Morgan fingerprint density at radius 2 is 1.83 bits per heavy atom. The predicted octanol–water partition coefficient (Wildman–Crippen LogP) is 4.36. The van der Waals surface area contributed by atoms with E-state index in [-0.39, 0.29) is 24.4 Å². The van der Waals surface area contributed by atoms with Gasteiger partial charge in [0.15, 0.2) is 0 Å². The molecule has 3 rings (SSSR count). The largest absolute Gasteiger partial charge is 0.514 e. The lowest BCUT2D eigenvalue weighted by atomic mass is 9.99. The van der Waals surface area contributed by atoms with Crippen LogP contribution < -0.4 is 14.8 Å². The molecule has 2 aromatic carbocycles. The third-order valence-electron chi connectivity index (χ3n) is 6.58. The zero-order valence-corrected chi connectivity index (χ0v) is 24.4. The Balaban J connectivity index is 1.89. The Kier molecular flexibility index (Phi) is 8.56. The van der Waals surface area contributed by atoms with E-state index >= 15 is 0 Å². The second-order valence-electron chi connectivity index (χ2n) is 9.70. The lowest BCUT2D eigenvalue weighted by Gasteiger charge is -2.44. The SMILES string of the molecule is COc1ccccc1C(=O)NC[C@H]1C[C@@H](NS(=O)(=O)c2cc(Br)ccc2Br)C[N+]1(C(=O)O)C(C)(C)C. The first-order valence-electron chi connectivity index (χ1n) is 11.2. The molecule has 3 atom stereocenters. The van der Waals surface area contributed by atoms with Gasteiger partial charge in [0.25, 0.3) is 5.91 Å². The van der Waals surface area contributed by atoms with E-state index in [9.17, 15) is 23.1 Å². The van der Waals surface area contributed by atoms with Gasteiger partial charge in [0.1, 0.15) is 23.9 Å². The second-order valence-corrected chi connectivity index (χ2v) is 13.1. The van der Waals surface area contributed by atoms with Crippen LogP contribution in [0.2, 0.25) is 0 Å². The van der Waals surface area contributed by atoms with E-state index in [4.69, 9.17) is 4.74 Å². The molecule has 0 spiro atoms. The molecule has 9 nitrogen and oxygen atoms in total. The number of ether oxygens (including phenoxy) is 1. The molecular formula is C24H30Br2N3O6S+. The van der Waals surface area contributed by atoms with Crippen molar-refractivity contribution in [2.24, 2.45) is 0 Å². The third kappa shape index (κ3) is 5.62. The minimum Gasteiger partial charge on any atom is -0.496 e. The number of rotatable bonds is 7. The smallest absolute Gasteiger partial charge is 0.496 e. The molecule has 2 amide bonds. The summed E-state index contributed by atoms with van der Waals surface area (Å²) < 4.78 is 35.0. The van der Waals surface area contributed by atoms with E-state index in [1.165, 1.54) is 13.2 Å². The van der Waals surface area contributed by atoms with Crippen LogP contribution in [0, 0.1) is 0 Å². The summed E-state index contributed by atoms with van der Waals surface area (Å²) in [5, 5.41) is 13.2. The molecule has 1 aliphatic rings. The summed E-state index contributed by atoms with van der Waals surface area (Å²) in [5.74, 6) is 0.00779. The van der Waals surface area contributed by atoms with Crippen LogP contribution >= 0.6 is 31.9 Å². The fourth-order valence-corrected chi connectivity index (χ4v) is 7.59. The molecule has 1 saturated heterocycles. The van der Waals surface area contributed by atoms with Crippen molar-refractivity contribution in [2.75, 3.05) is 20.2 Å². The normalized spacial score (nSPS) is 22.3. The van der Waals surface area contributed by atoms with Gasteiger partial charge in [-0.15, -0.1) is 0 Å². The number of quaternary nitrogens is 1. The number of halogens is 2. The number of amides is 2. The summed E-state index contributed by atoms with van der Waals surface area (Å²) in [6.07, 6.45) is -0.856. The highest BCUT2D eigenvalue weighted by Crippen LogP contribution is 2.38. The number of hydrogen-bond acceptors (Lipinski definition) is 5. The average molecular weight is 648 g/mol. The lowest BCUT2D eigenvalue weighted by molar-refractivity contribution is -0.913. The number of methoxy groups -OCH3 is 1. The number of hydrogen-bond donors (Lipinski definition) is 3. The highest BCUT2D eigenvalue weighted by Gasteiger charge is 2.60. The van der Waals surface area contributed by atoms with Gasteiger partial charge in [-0.25, -0.2) is 17.6 Å². The van der Waals surface area contributed by atoms with Gasteiger partial charge in [0, 0.05) is 15.4 Å². The molecule has 1 heterocycles. The Morgan fingerprint density at radius 1 is 1.17 bits per heavy atom. The molecule has 0 radical (unpaired) electrons. The molecule has 0 saturated carbocycles. The molecule has 36 heavy (non-hydrogen) atoms. The first kappa shape index (κ1) is 28.6. The van der Waals surface area contributed by atoms with Crippen molar-refractivity contribution in [3.05, 3.63) is 57.0 Å². The number of nitrogens with one attached hydrogen (secondary N) is 2. The van der Waals surface area contributed by atoms with E-state index in [2.05, 4.69) is 41.9 Å². The second kappa shape index (κ2) is 10.8. The van der Waals surface area contributed by atoms with Crippen LogP contribution in [-0.4, -0.2) is 67.8 Å². The van der Waals surface area contributed by atoms with Gasteiger partial charge in [-0.1, -0.05) is 28.1 Å². The summed E-state index contributed by atoms with van der Waals surface area (Å²) >= 11 is 6.58. The van der Waals surface area contributed by atoms with Crippen LogP contribution in [0.1, 0.15) is 37.6 Å². The highest BCUT2D eigenvalue weighted by atomic mass is 79.9. The number of carbonyl (C=O) groups excluding carboxylic acids is 1. The Labute approximate surface area is 228 Å². The van der Waals surface area contributed by atoms with Gasteiger partial charge in [0.05, 0.1) is 30.2 Å². The van der Waals surface area contributed by atoms with Gasteiger partial charge in [-0.3, -0.25) is 4.79 Å². The predicted molar refractivity (Wildman–Crippen MR) is 143 cm³/mol. The summed E-state index contributed by atoms with van der Waals surface area (Å²) in [6.45, 7) is 5.48. The molecular weight excluding hydrogens is 618 g/mol. The van der Waals surface area contributed by atoms with E-state index in [1.807, 2.05) is 0 Å². The summed E-state index contributed by atoms with van der Waals surface area (Å²) in [6, 6.07) is 10.3. The number of benzene rings is 2. The van der Waals surface area contributed by atoms with Crippen molar-refractivity contribution in [1.29, 1.82) is 0 Å². The van der Waals surface area contributed by atoms with Crippen molar-refractivity contribution in [3.8, 4) is 5.75 Å². The number of para-hydroxylation sites is 1. The Bertz CT molecular complexity index is 1260. The van der Waals surface area contributed by atoms with E-state index in [0.29, 0.717) is 20.3 Å². The van der Waals surface area contributed by atoms with Crippen LogP contribution in [0.3, 0.4) is 0 Å². The van der Waals surface area contributed by atoms with Crippen LogP contribution in [0.4, 0.5) is 4.79 Å². The summed E-state index contributed by atoms with van der Waals surface area (Å²) in [5.41, 5.74) is -0.443. The van der Waals surface area contributed by atoms with Gasteiger partial charge < -0.3 is 15.2 Å². The van der Waals surface area contributed by atoms with Crippen LogP contribution in [0.25, 0.3) is 0 Å². The molecule has 1 aliphatic heterocycles. The highest BCUT2D eigenvalue weighted by molar-refractivity contribution is 9.11. The van der Waals surface area contributed by atoms with E-state index in [1.54, 1.807) is 57.2 Å². The number of sulfonamides is 1. The van der Waals surface area contributed by atoms with Gasteiger partial charge in [0.2, 0.25) is 10.0 Å². The summed E-state index contributed by atoms with van der Waals surface area (Å²) in [4.78, 5) is 25.7. The average Bonchev–Trinajstić information content (AvgIpc) is 3.17. The van der Waals surface area contributed by atoms with Gasteiger partial charge in [-0.05, 0) is 67.0 Å². The maximum Gasteiger partial charge on any atom is 0.514 e. The minimum atomic E-state index is -3.96. The third-order valence-corrected chi connectivity index (χ3v) is 9.59. The Morgan fingerprint density at radius 3 is 2.44 bits per heavy atom. The molecule has 0 aromatic heterocycles. The first-order valence-corrected chi connectivity index (χ1v) is 14.3. The van der Waals surface area contributed by atoms with Crippen LogP contribution in [-0.2, 0) is 10.0 Å². The van der Waals surface area contributed by atoms with E-state index in [0.717, 1.165) is 0 Å². The minimum absolute atomic E-state index is 0.0267. The molecule has 3 N–H and O–H groups in total. The van der Waals surface area contributed by atoms with Crippen molar-refractivity contribution in [2.45, 2.75) is 49.7 Å². The summed E-state index contributed by atoms with van der Waals surface area (Å²) in [7, 11) is -2.49. The van der Waals surface area contributed by atoms with Crippen molar-refractivity contribution < 1.29 is 32.3 Å². The maximum atomic E-state index is 13.2. The monoisotopic (exact) mass is 646 g/mol. The molecule has 0 aliphatic carbocycles. The quantitative estimate of drug-likeness (QED) is 0.384. The Hall–Kier alpha value is -1.99. The van der Waals surface area contributed by atoms with Crippen molar-refractivity contribution >= 4 is 53.9 Å². The zero-order chi connectivity index (χ0) is 26.9. The topological polar surface area (TPSA) is 122 Å². The maximum absolute atomic E-state index is 13.2. The number of likely N-dealkylation sites (tertiary alicyclic amines) is 1. The molecule has 12 heteroatoms. The first-order chi connectivity index (χ1) is 16.7. The van der Waals surface area contributed by atoms with Gasteiger partial charge in [-0.2, -0.15) is 4.79 Å². The van der Waals surface area contributed by atoms with E-state index < -0.39 is 44.1 Å². The number of carboxylic acid groups (broad SMARTS) is 1. The van der Waals surface area contributed by atoms with Crippen LogP contribution in [0.15, 0.2) is 56.3 Å². The standard InChI is InChI=1S/C24H29Br2N3O6S/c1-24(2,3)29(23(31)32)14-16(28-36(33,34)21-11-15(25)9-10-19(21)26)12-17(29)13-27-22(30)18-7-5-6-8-20(18)35-4/h5-11,16-17,28H,12-14H2,1-4H3,(H-,27,30,31,32)/p+1/t16-,17-,29?/m1/s1. The number of nitrogens with zero attached hydrogens (tertiary/aromatic N) is 1. The van der Waals surface area contributed by atoms with Gasteiger partial charge >= 0.3 is 6.09 Å². The zero-order valence-electron chi connectivity index (χ0n) is 20.4. The van der Waals surface area contributed by atoms with Crippen molar-refractivity contribution in [1.82, 2.24) is 10.0 Å². The molecule has 1 fully saturated rings. The lowest BCUT2D eigenvalue weighted by Crippen LogP contribution is -2.68. The van der Waals surface area contributed by atoms with Crippen LogP contribution in [0.5, 0.6) is 5.75 Å². The molecule has 196 valence electrons.